The molecule has 0 saturated heterocycles. The van der Waals surface area contributed by atoms with E-state index in [0.717, 1.165) is 5.82 Å². The third-order valence-corrected chi connectivity index (χ3v) is 1.40. The number of nitrogens with one attached hydrogen (secondary N) is 1. The summed E-state index contributed by atoms with van der Waals surface area (Å²) in [6.07, 6.45) is 2.34. The Labute approximate surface area is 75.6 Å². The van der Waals surface area contributed by atoms with Gasteiger partial charge in [0.1, 0.15) is 5.82 Å². The van der Waals surface area contributed by atoms with Gasteiger partial charge in [-0.05, 0) is 18.9 Å². The molecule has 1 aromatic heterocycles. The van der Waals surface area contributed by atoms with Crippen LogP contribution in [0.4, 0.5) is 0 Å². The predicted molar refractivity (Wildman–Crippen MR) is 47.4 cm³/mol. The second kappa shape index (κ2) is 5.05. The highest BCUT2D eigenvalue weighted by molar-refractivity contribution is 5.05. The molecule has 0 aliphatic heterocycles. The first-order valence-electron chi connectivity index (χ1n) is 3.98. The molecule has 0 aromatic carbocycles. The number of rotatable bonds is 5. The van der Waals surface area contributed by atoms with Gasteiger partial charge in [0.05, 0.1) is 12.8 Å². The largest absolute Gasteiger partial charge is 0.478 e. The third-order valence-electron chi connectivity index (χ3n) is 1.40. The van der Waals surface area contributed by atoms with Crippen LogP contribution in [0.25, 0.3) is 10.4 Å². The summed E-state index contributed by atoms with van der Waals surface area (Å²) in [5.74, 6) is 1.48. The van der Waals surface area contributed by atoms with Crippen molar-refractivity contribution in [3.8, 4) is 5.88 Å². The molecule has 0 aliphatic rings. The molecule has 0 amide bonds. The molecule has 0 unspecified atom stereocenters. The van der Waals surface area contributed by atoms with Crippen LogP contribution in [0.1, 0.15) is 12.2 Å². The predicted octanol–water partition coefficient (Wildman–Crippen LogP) is 1.80. The second-order valence-electron chi connectivity index (χ2n) is 2.49. The molecule has 13 heavy (non-hydrogen) atoms. The molecule has 1 aromatic rings. The highest BCUT2D eigenvalue weighted by atomic mass is 16.5. The van der Waals surface area contributed by atoms with E-state index in [0.29, 0.717) is 25.5 Å². The molecule has 0 bridgehead atoms. The maximum Gasteiger partial charge on any atom is 0.211 e. The highest BCUT2D eigenvalue weighted by Crippen LogP contribution is 2.05. The summed E-state index contributed by atoms with van der Waals surface area (Å²) in [6.45, 7) is 2.84. The molecule has 1 N–H and O–H groups in total. The number of hydrogen-bond donors (Lipinski definition) is 1. The van der Waals surface area contributed by atoms with E-state index in [1.807, 2.05) is 6.92 Å². The van der Waals surface area contributed by atoms with Gasteiger partial charge in [-0.3, -0.25) is 0 Å². The van der Waals surface area contributed by atoms with Crippen LogP contribution in [0.15, 0.2) is 11.3 Å². The van der Waals surface area contributed by atoms with Crippen LogP contribution in [-0.4, -0.2) is 23.1 Å². The standard InChI is InChI=1S/C7H11N5O/c1-6-9-5-7(11-6)13-4-2-3-10-12-8/h5H,2-4H2,1H3,(H,9,11). The number of ether oxygens (including phenoxy) is 1. The van der Waals surface area contributed by atoms with E-state index in [9.17, 15) is 0 Å². The molecule has 0 saturated carbocycles. The number of aromatic nitrogens is 2. The number of azide groups is 1. The lowest BCUT2D eigenvalue weighted by Gasteiger charge is -1.99. The first-order valence-corrected chi connectivity index (χ1v) is 3.98. The van der Waals surface area contributed by atoms with Crippen molar-refractivity contribution in [1.82, 2.24) is 9.97 Å². The van der Waals surface area contributed by atoms with Gasteiger partial charge >= 0.3 is 0 Å². The van der Waals surface area contributed by atoms with Gasteiger partial charge in [-0.25, -0.2) is 4.98 Å². The zero-order chi connectivity index (χ0) is 9.52. The van der Waals surface area contributed by atoms with Crippen LogP contribution in [0, 0.1) is 6.92 Å². The molecule has 1 rings (SSSR count). The molecule has 0 aliphatic carbocycles. The molecular formula is C7H11N5O. The summed E-state index contributed by atoms with van der Waals surface area (Å²) in [5, 5.41) is 3.38. The van der Waals surface area contributed by atoms with Crippen molar-refractivity contribution in [3.05, 3.63) is 22.5 Å². The lowest BCUT2D eigenvalue weighted by atomic mass is 10.5. The summed E-state index contributed by atoms with van der Waals surface area (Å²) in [7, 11) is 0. The van der Waals surface area contributed by atoms with Crippen molar-refractivity contribution in [2.45, 2.75) is 13.3 Å². The van der Waals surface area contributed by atoms with Crippen LogP contribution >= 0.6 is 0 Å². The van der Waals surface area contributed by atoms with E-state index < -0.39 is 0 Å². The van der Waals surface area contributed by atoms with E-state index in [2.05, 4.69) is 20.0 Å². The maximum absolute atomic E-state index is 7.99. The van der Waals surface area contributed by atoms with E-state index in [-0.39, 0.29) is 0 Å². The molecule has 0 atom stereocenters. The summed E-state index contributed by atoms with van der Waals surface area (Å²) in [4.78, 5) is 9.53. The zero-order valence-electron chi connectivity index (χ0n) is 7.40. The van der Waals surface area contributed by atoms with Crippen molar-refractivity contribution in [2.24, 2.45) is 5.11 Å². The van der Waals surface area contributed by atoms with E-state index in [1.54, 1.807) is 6.20 Å². The maximum atomic E-state index is 7.99. The van der Waals surface area contributed by atoms with Gasteiger partial charge in [0.2, 0.25) is 5.88 Å². The molecule has 0 radical (unpaired) electrons. The quantitative estimate of drug-likeness (QED) is 0.325. The Morgan fingerprint density at radius 3 is 3.23 bits per heavy atom. The average Bonchev–Trinajstić information content (AvgIpc) is 2.51. The van der Waals surface area contributed by atoms with Crippen molar-refractivity contribution in [3.63, 3.8) is 0 Å². The fourth-order valence-electron chi connectivity index (χ4n) is 0.834. The average molecular weight is 181 g/mol. The molecular weight excluding hydrogens is 170 g/mol. The van der Waals surface area contributed by atoms with Crippen LogP contribution in [0.2, 0.25) is 0 Å². The Balaban J connectivity index is 2.16. The van der Waals surface area contributed by atoms with E-state index in [1.165, 1.54) is 0 Å². The van der Waals surface area contributed by atoms with Crippen molar-refractivity contribution >= 4 is 0 Å². The summed E-state index contributed by atoms with van der Waals surface area (Å²) >= 11 is 0. The van der Waals surface area contributed by atoms with Crippen LogP contribution in [0.5, 0.6) is 5.88 Å². The third kappa shape index (κ3) is 3.48. The Morgan fingerprint density at radius 1 is 1.77 bits per heavy atom. The fourth-order valence-corrected chi connectivity index (χ4v) is 0.834. The lowest BCUT2D eigenvalue weighted by molar-refractivity contribution is 0.302. The minimum absolute atomic E-state index is 0.462. The van der Waals surface area contributed by atoms with Gasteiger partial charge in [0.15, 0.2) is 0 Å². The van der Waals surface area contributed by atoms with Gasteiger partial charge in [-0.2, -0.15) is 0 Å². The number of imidazole rings is 1. The molecule has 0 fully saturated rings. The fraction of sp³-hybridized carbons (Fsp3) is 0.571. The van der Waals surface area contributed by atoms with Gasteiger partial charge in [0.25, 0.3) is 0 Å². The highest BCUT2D eigenvalue weighted by Gasteiger charge is 1.95. The second-order valence-corrected chi connectivity index (χ2v) is 2.49. The topological polar surface area (TPSA) is 86.7 Å². The Hall–Kier alpha value is -1.68. The normalized spacial score (nSPS) is 9.31. The molecule has 70 valence electrons. The minimum Gasteiger partial charge on any atom is -0.478 e. The van der Waals surface area contributed by atoms with Gasteiger partial charge in [-0.15, -0.1) is 0 Å². The van der Waals surface area contributed by atoms with Crippen molar-refractivity contribution in [2.75, 3.05) is 13.2 Å². The Bertz CT molecular complexity index is 302. The number of hydrogen-bond acceptors (Lipinski definition) is 3. The Kier molecular flexibility index (Phi) is 3.66. The number of aromatic amines is 1. The summed E-state index contributed by atoms with van der Waals surface area (Å²) in [6, 6.07) is 0. The molecule has 0 spiro atoms. The summed E-state index contributed by atoms with van der Waals surface area (Å²) < 4.78 is 5.27. The number of aryl methyl sites for hydroxylation is 1. The lowest BCUT2D eigenvalue weighted by Crippen LogP contribution is -1.98. The molecule has 6 heteroatoms. The van der Waals surface area contributed by atoms with Crippen LogP contribution in [0.3, 0.4) is 0 Å². The van der Waals surface area contributed by atoms with Crippen LogP contribution < -0.4 is 4.74 Å². The summed E-state index contributed by atoms with van der Waals surface area (Å²) in [5.41, 5.74) is 7.99. The van der Waals surface area contributed by atoms with Gasteiger partial charge in [-0.1, -0.05) is 5.11 Å². The SMILES string of the molecule is Cc1ncc(OCCCN=[N+]=[N-])[nH]1. The molecule has 1 heterocycles. The van der Waals surface area contributed by atoms with Gasteiger partial charge in [0, 0.05) is 11.5 Å². The first-order chi connectivity index (χ1) is 6.33. The van der Waals surface area contributed by atoms with Crippen molar-refractivity contribution in [1.29, 1.82) is 0 Å². The van der Waals surface area contributed by atoms with Crippen LogP contribution in [-0.2, 0) is 0 Å². The van der Waals surface area contributed by atoms with Crippen molar-refractivity contribution < 1.29 is 4.74 Å². The van der Waals surface area contributed by atoms with E-state index in [4.69, 9.17) is 10.3 Å². The molecule has 6 nitrogen and oxygen atoms in total. The Morgan fingerprint density at radius 2 is 2.62 bits per heavy atom. The number of H-pyrrole nitrogens is 1. The zero-order valence-corrected chi connectivity index (χ0v) is 7.40. The van der Waals surface area contributed by atoms with E-state index >= 15 is 0 Å². The number of nitrogens with zero attached hydrogens (tertiary/aromatic N) is 4. The first kappa shape index (κ1) is 9.41. The smallest absolute Gasteiger partial charge is 0.211 e. The monoisotopic (exact) mass is 181 g/mol. The van der Waals surface area contributed by atoms with Gasteiger partial charge < -0.3 is 9.72 Å². The minimum atomic E-state index is 0.462.